The number of carbonyl (C=O) groups excluding carboxylic acids is 1. The zero-order chi connectivity index (χ0) is 18.7. The number of pyridine rings is 2. The number of benzene rings is 1. The maximum Gasteiger partial charge on any atom is 0.253 e. The van der Waals surface area contributed by atoms with Gasteiger partial charge in [0, 0.05) is 28.7 Å². The lowest BCUT2D eigenvalue weighted by molar-refractivity contribution is 0.0949. The molecule has 0 saturated carbocycles. The Kier molecular flexibility index (Phi) is 5.38. The number of aromatic nitrogens is 2. The number of nitrogens with one attached hydrogen (secondary N) is 1. The predicted octanol–water partition coefficient (Wildman–Crippen LogP) is 4.31. The number of rotatable bonds is 5. The van der Waals surface area contributed by atoms with Crippen LogP contribution >= 0.6 is 11.6 Å². The molecule has 0 atom stereocenters. The standard InChI is InChI=1S/C20H20ClN3O2/c1-12(2)26-20-14(5-4-8-22-20)11-23-19(25)17-10-15-9-16(21)6-7-18(15)24-13(17)3/h4-10,12H,11H2,1-3H3,(H,23,25). The molecule has 0 bridgehead atoms. The second kappa shape index (κ2) is 7.70. The lowest BCUT2D eigenvalue weighted by Gasteiger charge is -2.14. The lowest BCUT2D eigenvalue weighted by Crippen LogP contribution is -2.24. The Labute approximate surface area is 157 Å². The van der Waals surface area contributed by atoms with Gasteiger partial charge in [-0.2, -0.15) is 0 Å². The van der Waals surface area contributed by atoms with Crippen molar-refractivity contribution in [2.45, 2.75) is 33.4 Å². The molecule has 134 valence electrons. The van der Waals surface area contributed by atoms with Crippen LogP contribution in [0.2, 0.25) is 5.02 Å². The number of halogens is 1. The van der Waals surface area contributed by atoms with Gasteiger partial charge in [0.15, 0.2) is 0 Å². The Morgan fingerprint density at radius 3 is 2.85 bits per heavy atom. The van der Waals surface area contributed by atoms with Crippen molar-refractivity contribution in [2.24, 2.45) is 0 Å². The first kappa shape index (κ1) is 18.1. The molecule has 1 aromatic carbocycles. The number of amides is 1. The normalized spacial score (nSPS) is 11.0. The van der Waals surface area contributed by atoms with E-state index in [0.29, 0.717) is 28.7 Å². The molecule has 0 fully saturated rings. The number of fused-ring (bicyclic) bond motifs is 1. The molecule has 0 aliphatic heterocycles. The Morgan fingerprint density at radius 2 is 2.08 bits per heavy atom. The van der Waals surface area contributed by atoms with Crippen LogP contribution in [0.1, 0.15) is 35.5 Å². The second-order valence-electron chi connectivity index (χ2n) is 6.28. The third kappa shape index (κ3) is 4.11. The van der Waals surface area contributed by atoms with Crippen molar-refractivity contribution in [1.29, 1.82) is 0 Å². The summed E-state index contributed by atoms with van der Waals surface area (Å²) in [7, 11) is 0. The Morgan fingerprint density at radius 1 is 1.27 bits per heavy atom. The molecule has 1 N–H and O–H groups in total. The molecule has 6 heteroatoms. The summed E-state index contributed by atoms with van der Waals surface area (Å²) < 4.78 is 5.69. The summed E-state index contributed by atoms with van der Waals surface area (Å²) in [6.07, 6.45) is 1.68. The van der Waals surface area contributed by atoms with Crippen LogP contribution in [-0.4, -0.2) is 22.0 Å². The molecule has 26 heavy (non-hydrogen) atoms. The Bertz CT molecular complexity index is 957. The van der Waals surface area contributed by atoms with E-state index in [0.717, 1.165) is 16.5 Å². The molecular weight excluding hydrogens is 350 g/mol. The minimum atomic E-state index is -0.198. The number of carbonyl (C=O) groups is 1. The van der Waals surface area contributed by atoms with Gasteiger partial charge in [-0.05, 0) is 51.1 Å². The van der Waals surface area contributed by atoms with E-state index in [1.165, 1.54) is 0 Å². The smallest absolute Gasteiger partial charge is 0.253 e. The van der Waals surface area contributed by atoms with Crippen molar-refractivity contribution in [3.05, 3.63) is 64.4 Å². The van der Waals surface area contributed by atoms with Crippen molar-refractivity contribution >= 4 is 28.4 Å². The molecular formula is C20H20ClN3O2. The molecule has 3 aromatic rings. The number of aryl methyl sites for hydroxylation is 1. The van der Waals surface area contributed by atoms with Gasteiger partial charge in [-0.25, -0.2) is 4.98 Å². The average Bonchev–Trinajstić information content (AvgIpc) is 2.60. The zero-order valence-corrected chi connectivity index (χ0v) is 15.7. The van der Waals surface area contributed by atoms with E-state index in [9.17, 15) is 4.79 Å². The summed E-state index contributed by atoms with van der Waals surface area (Å²) in [6, 6.07) is 10.9. The van der Waals surface area contributed by atoms with Gasteiger partial charge in [0.05, 0.1) is 22.9 Å². The fourth-order valence-electron chi connectivity index (χ4n) is 2.63. The van der Waals surface area contributed by atoms with Crippen LogP contribution in [0, 0.1) is 6.92 Å². The van der Waals surface area contributed by atoms with Crippen molar-refractivity contribution in [1.82, 2.24) is 15.3 Å². The Balaban J connectivity index is 1.81. The summed E-state index contributed by atoms with van der Waals surface area (Å²) in [5, 5.41) is 4.36. The number of nitrogens with zero attached hydrogens (tertiary/aromatic N) is 2. The molecule has 2 heterocycles. The van der Waals surface area contributed by atoms with Gasteiger partial charge in [0.2, 0.25) is 5.88 Å². The third-order valence-electron chi connectivity index (χ3n) is 3.85. The highest BCUT2D eigenvalue weighted by Crippen LogP contribution is 2.21. The quantitative estimate of drug-likeness (QED) is 0.727. The van der Waals surface area contributed by atoms with Crippen LogP contribution in [0.5, 0.6) is 5.88 Å². The average molecular weight is 370 g/mol. The number of hydrogen-bond donors (Lipinski definition) is 1. The molecule has 3 rings (SSSR count). The second-order valence-corrected chi connectivity index (χ2v) is 6.71. The van der Waals surface area contributed by atoms with Crippen LogP contribution < -0.4 is 10.1 Å². The number of ether oxygens (including phenoxy) is 1. The third-order valence-corrected chi connectivity index (χ3v) is 4.08. The van der Waals surface area contributed by atoms with Crippen LogP contribution in [0.3, 0.4) is 0 Å². The van der Waals surface area contributed by atoms with Crippen LogP contribution in [0.25, 0.3) is 10.9 Å². The van der Waals surface area contributed by atoms with Crippen molar-refractivity contribution in [3.8, 4) is 5.88 Å². The van der Waals surface area contributed by atoms with Gasteiger partial charge in [-0.3, -0.25) is 9.78 Å². The molecule has 0 saturated heterocycles. The van der Waals surface area contributed by atoms with Crippen LogP contribution in [0.15, 0.2) is 42.6 Å². The molecule has 1 amide bonds. The van der Waals surface area contributed by atoms with E-state index in [-0.39, 0.29) is 12.0 Å². The van der Waals surface area contributed by atoms with Crippen LogP contribution in [-0.2, 0) is 6.54 Å². The molecule has 0 aliphatic carbocycles. The summed E-state index contributed by atoms with van der Waals surface area (Å²) in [5.41, 5.74) is 2.82. The summed E-state index contributed by atoms with van der Waals surface area (Å²) >= 11 is 6.04. The fourth-order valence-corrected chi connectivity index (χ4v) is 2.81. The van der Waals surface area contributed by atoms with Crippen molar-refractivity contribution in [2.75, 3.05) is 0 Å². The van der Waals surface area contributed by atoms with E-state index in [4.69, 9.17) is 16.3 Å². The monoisotopic (exact) mass is 369 g/mol. The predicted molar refractivity (Wildman–Crippen MR) is 103 cm³/mol. The molecule has 2 aromatic heterocycles. The first-order valence-electron chi connectivity index (χ1n) is 8.39. The van der Waals surface area contributed by atoms with Crippen LogP contribution in [0.4, 0.5) is 0 Å². The molecule has 5 nitrogen and oxygen atoms in total. The highest BCUT2D eigenvalue weighted by Gasteiger charge is 2.13. The first-order valence-corrected chi connectivity index (χ1v) is 8.77. The lowest BCUT2D eigenvalue weighted by atomic mass is 10.1. The van der Waals surface area contributed by atoms with Gasteiger partial charge in [-0.15, -0.1) is 0 Å². The summed E-state index contributed by atoms with van der Waals surface area (Å²) in [6.45, 7) is 6.01. The maximum atomic E-state index is 12.7. The molecule has 0 aliphatic rings. The maximum absolute atomic E-state index is 12.7. The summed E-state index contributed by atoms with van der Waals surface area (Å²) in [4.78, 5) is 21.4. The minimum absolute atomic E-state index is 0.0102. The first-order chi connectivity index (χ1) is 12.4. The summed E-state index contributed by atoms with van der Waals surface area (Å²) in [5.74, 6) is 0.333. The molecule has 0 unspecified atom stereocenters. The highest BCUT2D eigenvalue weighted by atomic mass is 35.5. The van der Waals surface area contributed by atoms with Gasteiger partial charge in [-0.1, -0.05) is 17.7 Å². The topological polar surface area (TPSA) is 64.1 Å². The Hall–Kier alpha value is -2.66. The minimum Gasteiger partial charge on any atom is -0.475 e. The van der Waals surface area contributed by atoms with E-state index >= 15 is 0 Å². The molecule has 0 radical (unpaired) electrons. The van der Waals surface area contributed by atoms with Gasteiger partial charge in [0.25, 0.3) is 5.91 Å². The zero-order valence-electron chi connectivity index (χ0n) is 14.9. The van der Waals surface area contributed by atoms with Gasteiger partial charge >= 0.3 is 0 Å². The van der Waals surface area contributed by atoms with Gasteiger partial charge in [0.1, 0.15) is 0 Å². The highest BCUT2D eigenvalue weighted by molar-refractivity contribution is 6.31. The fraction of sp³-hybridized carbons (Fsp3) is 0.250. The SMILES string of the molecule is Cc1nc2ccc(Cl)cc2cc1C(=O)NCc1cccnc1OC(C)C. The largest absolute Gasteiger partial charge is 0.475 e. The van der Waals surface area contributed by atoms with E-state index in [2.05, 4.69) is 15.3 Å². The van der Waals surface area contributed by atoms with Crippen molar-refractivity contribution < 1.29 is 9.53 Å². The van der Waals surface area contributed by atoms with Crippen molar-refractivity contribution in [3.63, 3.8) is 0 Å². The van der Waals surface area contributed by atoms with E-state index in [1.54, 1.807) is 18.3 Å². The van der Waals surface area contributed by atoms with E-state index < -0.39 is 0 Å². The number of hydrogen-bond acceptors (Lipinski definition) is 4. The van der Waals surface area contributed by atoms with Gasteiger partial charge < -0.3 is 10.1 Å². The molecule has 0 spiro atoms. The van der Waals surface area contributed by atoms with E-state index in [1.807, 2.05) is 45.0 Å².